The van der Waals surface area contributed by atoms with E-state index in [0.717, 1.165) is 28.0 Å². The molecule has 3 rings (SSSR count). The summed E-state index contributed by atoms with van der Waals surface area (Å²) < 4.78 is 5.25. The normalized spacial score (nSPS) is 10.6. The van der Waals surface area contributed by atoms with Gasteiger partial charge in [-0.15, -0.1) is 0 Å². The fourth-order valence-electron chi connectivity index (χ4n) is 2.18. The second kappa shape index (κ2) is 5.58. The Morgan fingerprint density at radius 1 is 1.10 bits per heavy atom. The van der Waals surface area contributed by atoms with Crippen molar-refractivity contribution in [1.29, 1.82) is 0 Å². The molecule has 0 aliphatic carbocycles. The third-order valence-corrected chi connectivity index (χ3v) is 3.46. The van der Waals surface area contributed by atoms with E-state index in [1.54, 1.807) is 7.11 Å². The van der Waals surface area contributed by atoms with Gasteiger partial charge in [0.15, 0.2) is 5.82 Å². The molecule has 0 spiro atoms. The van der Waals surface area contributed by atoms with Gasteiger partial charge in [-0.25, -0.2) is 9.97 Å². The Bertz CT molecular complexity index is 805. The molecular formula is C16H14ClN3O. The number of halogens is 1. The lowest BCUT2D eigenvalue weighted by Gasteiger charge is -2.09. The first-order valence-electron chi connectivity index (χ1n) is 6.51. The smallest absolute Gasteiger partial charge is 0.162 e. The Morgan fingerprint density at radius 3 is 2.71 bits per heavy atom. The van der Waals surface area contributed by atoms with Crippen LogP contribution in [0.15, 0.2) is 42.5 Å². The molecule has 1 N–H and O–H groups in total. The molecule has 0 aliphatic heterocycles. The van der Waals surface area contributed by atoms with Crippen molar-refractivity contribution >= 4 is 28.3 Å². The van der Waals surface area contributed by atoms with Crippen molar-refractivity contribution in [2.45, 2.75) is 0 Å². The minimum Gasteiger partial charge on any atom is -0.497 e. The Labute approximate surface area is 127 Å². The molecule has 0 saturated carbocycles. The fraction of sp³-hybridized carbons (Fsp3) is 0.125. The number of hydrogen-bond donors (Lipinski definition) is 1. The van der Waals surface area contributed by atoms with Gasteiger partial charge >= 0.3 is 0 Å². The van der Waals surface area contributed by atoms with Crippen LogP contribution in [0, 0.1) is 0 Å². The average Bonchev–Trinajstić information content (AvgIpc) is 2.53. The van der Waals surface area contributed by atoms with Crippen molar-refractivity contribution in [3.05, 3.63) is 47.5 Å². The quantitative estimate of drug-likeness (QED) is 0.794. The molecule has 106 valence electrons. The van der Waals surface area contributed by atoms with Gasteiger partial charge in [0, 0.05) is 23.0 Å². The van der Waals surface area contributed by atoms with Crippen LogP contribution in [0.2, 0.25) is 5.02 Å². The van der Waals surface area contributed by atoms with Gasteiger partial charge in [-0.2, -0.15) is 0 Å². The van der Waals surface area contributed by atoms with Crippen LogP contribution >= 0.6 is 11.6 Å². The number of fused-ring (bicyclic) bond motifs is 1. The number of methoxy groups -OCH3 is 1. The highest BCUT2D eigenvalue weighted by Gasteiger charge is 2.09. The molecule has 2 aromatic carbocycles. The molecular weight excluding hydrogens is 286 g/mol. The van der Waals surface area contributed by atoms with Crippen LogP contribution in [0.3, 0.4) is 0 Å². The zero-order chi connectivity index (χ0) is 14.8. The minimum atomic E-state index is 0.632. The SMILES string of the molecule is CNc1nc(-c2cccc(OC)c2)nc2cc(Cl)ccc12. The van der Waals surface area contributed by atoms with Crippen molar-refractivity contribution in [2.24, 2.45) is 0 Å². The van der Waals surface area contributed by atoms with Crippen molar-refractivity contribution < 1.29 is 4.74 Å². The number of rotatable bonds is 3. The lowest BCUT2D eigenvalue weighted by molar-refractivity contribution is 0.415. The number of benzene rings is 2. The third kappa shape index (κ3) is 2.62. The maximum absolute atomic E-state index is 6.06. The zero-order valence-corrected chi connectivity index (χ0v) is 12.5. The summed E-state index contributed by atoms with van der Waals surface area (Å²) >= 11 is 6.06. The molecule has 0 fully saturated rings. The Balaban J connectivity index is 2.22. The van der Waals surface area contributed by atoms with Gasteiger partial charge in [0.2, 0.25) is 0 Å². The molecule has 21 heavy (non-hydrogen) atoms. The van der Waals surface area contributed by atoms with Crippen molar-refractivity contribution in [2.75, 3.05) is 19.5 Å². The van der Waals surface area contributed by atoms with Crippen LogP contribution in [0.4, 0.5) is 5.82 Å². The summed E-state index contributed by atoms with van der Waals surface area (Å²) in [6.07, 6.45) is 0. The van der Waals surface area contributed by atoms with Crippen LogP contribution in [0.1, 0.15) is 0 Å². The number of anilines is 1. The summed E-state index contributed by atoms with van der Waals surface area (Å²) in [4.78, 5) is 9.17. The molecule has 1 heterocycles. The van der Waals surface area contributed by atoms with E-state index in [-0.39, 0.29) is 0 Å². The number of hydrogen-bond acceptors (Lipinski definition) is 4. The molecule has 0 aliphatic rings. The molecule has 0 saturated heterocycles. The summed E-state index contributed by atoms with van der Waals surface area (Å²) in [6.45, 7) is 0. The largest absolute Gasteiger partial charge is 0.497 e. The van der Waals surface area contributed by atoms with E-state index in [1.807, 2.05) is 49.5 Å². The van der Waals surface area contributed by atoms with E-state index in [0.29, 0.717) is 10.8 Å². The van der Waals surface area contributed by atoms with E-state index in [2.05, 4.69) is 15.3 Å². The highest BCUT2D eigenvalue weighted by atomic mass is 35.5. The van der Waals surface area contributed by atoms with Crippen molar-refractivity contribution in [3.8, 4) is 17.1 Å². The molecule has 4 nitrogen and oxygen atoms in total. The molecule has 3 aromatic rings. The predicted molar refractivity (Wildman–Crippen MR) is 86.1 cm³/mol. The first kappa shape index (κ1) is 13.6. The highest BCUT2D eigenvalue weighted by molar-refractivity contribution is 6.31. The van der Waals surface area contributed by atoms with Gasteiger partial charge in [-0.05, 0) is 30.3 Å². The summed E-state index contributed by atoms with van der Waals surface area (Å²) in [5.41, 5.74) is 1.70. The number of aromatic nitrogens is 2. The standard InChI is InChI=1S/C16H14ClN3O/c1-18-16-13-7-6-11(17)9-14(13)19-15(20-16)10-4-3-5-12(8-10)21-2/h3-9H,1-2H3,(H,18,19,20). The van der Waals surface area contributed by atoms with Crippen molar-refractivity contribution in [3.63, 3.8) is 0 Å². The zero-order valence-electron chi connectivity index (χ0n) is 11.7. The molecule has 0 radical (unpaired) electrons. The second-order valence-electron chi connectivity index (χ2n) is 4.54. The second-order valence-corrected chi connectivity index (χ2v) is 4.98. The first-order valence-corrected chi connectivity index (χ1v) is 6.88. The molecule has 0 amide bonds. The summed E-state index contributed by atoms with van der Waals surface area (Å²) in [6, 6.07) is 13.2. The van der Waals surface area contributed by atoms with Crippen LogP contribution in [0.25, 0.3) is 22.3 Å². The number of ether oxygens (including phenoxy) is 1. The fourth-order valence-corrected chi connectivity index (χ4v) is 2.35. The third-order valence-electron chi connectivity index (χ3n) is 3.22. The van der Waals surface area contributed by atoms with Gasteiger partial charge < -0.3 is 10.1 Å². The van der Waals surface area contributed by atoms with Gasteiger partial charge in [0.25, 0.3) is 0 Å². The van der Waals surface area contributed by atoms with E-state index in [4.69, 9.17) is 16.3 Å². The first-order chi connectivity index (χ1) is 10.2. The van der Waals surface area contributed by atoms with E-state index in [1.165, 1.54) is 0 Å². The van der Waals surface area contributed by atoms with Gasteiger partial charge in [-0.3, -0.25) is 0 Å². The molecule has 0 unspecified atom stereocenters. The monoisotopic (exact) mass is 299 g/mol. The van der Waals surface area contributed by atoms with Crippen molar-refractivity contribution in [1.82, 2.24) is 9.97 Å². The van der Waals surface area contributed by atoms with Gasteiger partial charge in [0.1, 0.15) is 11.6 Å². The summed E-state index contributed by atoms with van der Waals surface area (Å²) in [5.74, 6) is 2.18. The topological polar surface area (TPSA) is 47.0 Å². The Kier molecular flexibility index (Phi) is 3.62. The number of nitrogens with zero attached hydrogens (tertiary/aromatic N) is 2. The Hall–Kier alpha value is -2.33. The maximum atomic E-state index is 6.06. The highest BCUT2D eigenvalue weighted by Crippen LogP contribution is 2.28. The summed E-state index contributed by atoms with van der Waals surface area (Å²) in [7, 11) is 3.48. The molecule has 5 heteroatoms. The lowest BCUT2D eigenvalue weighted by Crippen LogP contribution is -1.99. The van der Waals surface area contributed by atoms with Gasteiger partial charge in [0.05, 0.1) is 12.6 Å². The minimum absolute atomic E-state index is 0.632. The lowest BCUT2D eigenvalue weighted by atomic mass is 10.1. The van der Waals surface area contributed by atoms with Gasteiger partial charge in [-0.1, -0.05) is 23.7 Å². The predicted octanol–water partition coefficient (Wildman–Crippen LogP) is 4.00. The molecule has 0 atom stereocenters. The van der Waals surface area contributed by atoms with E-state index < -0.39 is 0 Å². The van der Waals surface area contributed by atoms with Crippen LogP contribution < -0.4 is 10.1 Å². The van der Waals surface area contributed by atoms with Crippen LogP contribution in [-0.4, -0.2) is 24.1 Å². The Morgan fingerprint density at radius 2 is 1.95 bits per heavy atom. The summed E-state index contributed by atoms with van der Waals surface area (Å²) in [5, 5.41) is 4.69. The van der Waals surface area contributed by atoms with Crippen LogP contribution in [-0.2, 0) is 0 Å². The average molecular weight is 300 g/mol. The van der Waals surface area contributed by atoms with E-state index >= 15 is 0 Å². The molecule has 0 bridgehead atoms. The van der Waals surface area contributed by atoms with E-state index in [9.17, 15) is 0 Å². The van der Waals surface area contributed by atoms with Crippen LogP contribution in [0.5, 0.6) is 5.75 Å². The maximum Gasteiger partial charge on any atom is 0.162 e. The number of nitrogens with one attached hydrogen (secondary N) is 1. The molecule has 1 aromatic heterocycles.